The summed E-state index contributed by atoms with van der Waals surface area (Å²) < 4.78 is 54.7. The molecule has 4 rings (SSSR count). The first-order chi connectivity index (χ1) is 14.2. The van der Waals surface area contributed by atoms with Crippen LogP contribution in [0.2, 0.25) is 10.4 Å². The molecule has 0 aromatic carbocycles. The van der Waals surface area contributed by atoms with Gasteiger partial charge in [0.25, 0.3) is 0 Å². The molecule has 4 aliphatic carbocycles. The Labute approximate surface area is 190 Å². The van der Waals surface area contributed by atoms with Crippen LogP contribution in [0.4, 0.5) is 17.6 Å². The number of hydrogen-bond acceptors (Lipinski definition) is 0. The number of halogens is 4. The van der Waals surface area contributed by atoms with Crippen LogP contribution in [0.1, 0.15) is 65.2 Å². The summed E-state index contributed by atoms with van der Waals surface area (Å²) >= 11 is 0. The summed E-state index contributed by atoms with van der Waals surface area (Å²) in [5.74, 6) is -0.514. The van der Waals surface area contributed by atoms with Gasteiger partial charge in [-0.15, -0.1) is 0 Å². The molecule has 0 aromatic rings. The average Bonchev–Trinajstić information content (AvgIpc) is 2.96. The molecule has 8 radical (unpaired) electrons. The Kier molecular flexibility index (Phi) is 6.03. The van der Waals surface area contributed by atoms with E-state index in [1.807, 2.05) is 0 Å². The quantitative estimate of drug-likeness (QED) is 0.409. The molecule has 8 heteroatoms. The van der Waals surface area contributed by atoms with Gasteiger partial charge in [-0.05, 0) is 85.4 Å². The third kappa shape index (κ3) is 3.67. The second-order valence-corrected chi connectivity index (χ2v) is 11.8. The van der Waals surface area contributed by atoms with E-state index in [2.05, 4.69) is 13.8 Å². The van der Waals surface area contributed by atoms with Crippen LogP contribution in [0.5, 0.6) is 0 Å². The van der Waals surface area contributed by atoms with Gasteiger partial charge in [0.15, 0.2) is 0 Å². The normalized spacial score (nSPS) is 47.1. The Morgan fingerprint density at radius 1 is 0.903 bits per heavy atom. The van der Waals surface area contributed by atoms with Gasteiger partial charge in [0, 0.05) is 5.92 Å². The predicted octanol–water partition coefficient (Wildman–Crippen LogP) is 5.56. The monoisotopic (exact) mass is 428 g/mol. The summed E-state index contributed by atoms with van der Waals surface area (Å²) in [6.45, 7) is 4.27. The highest BCUT2D eigenvalue weighted by Gasteiger charge is 2.65. The van der Waals surface area contributed by atoms with Crippen molar-refractivity contribution in [3.8, 4) is 0 Å². The summed E-state index contributed by atoms with van der Waals surface area (Å²) in [6, 6.07) is 0. The van der Waals surface area contributed by atoms with Crippen molar-refractivity contribution in [1.82, 2.24) is 0 Å². The minimum atomic E-state index is -4.63. The van der Waals surface area contributed by atoms with E-state index in [9.17, 15) is 17.6 Å². The van der Waals surface area contributed by atoms with Crippen LogP contribution >= 0.6 is 0 Å². The lowest BCUT2D eigenvalue weighted by Gasteiger charge is -2.65. The number of hydrogen-bond donors (Lipinski definition) is 0. The Morgan fingerprint density at radius 3 is 2.16 bits per heavy atom. The molecule has 31 heavy (non-hydrogen) atoms. The maximum absolute atomic E-state index is 13.9. The summed E-state index contributed by atoms with van der Waals surface area (Å²) in [5, 5.41) is -3.91. The molecule has 4 unspecified atom stereocenters. The van der Waals surface area contributed by atoms with E-state index in [4.69, 9.17) is 31.4 Å². The van der Waals surface area contributed by atoms with Gasteiger partial charge in [-0.25, -0.2) is 0 Å². The lowest BCUT2D eigenvalue weighted by Crippen LogP contribution is -2.59. The number of fused-ring (bicyclic) bond motifs is 5. The molecule has 0 N–H and O–H groups in total. The molecule has 4 aliphatic rings. The van der Waals surface area contributed by atoms with Gasteiger partial charge in [-0.2, -0.15) is 13.2 Å². The topological polar surface area (TPSA) is 0 Å². The largest absolute Gasteiger partial charge is 0.390 e. The molecular formula is C23H32B4F4. The molecule has 0 bridgehead atoms. The van der Waals surface area contributed by atoms with Crippen molar-refractivity contribution in [3.63, 3.8) is 0 Å². The first-order valence-electron chi connectivity index (χ1n) is 12.0. The highest BCUT2D eigenvalue weighted by molar-refractivity contribution is 6.45. The molecule has 4 fully saturated rings. The summed E-state index contributed by atoms with van der Waals surface area (Å²) in [7, 11) is 24.7. The molecule has 0 aliphatic heterocycles. The van der Waals surface area contributed by atoms with E-state index in [-0.39, 0.29) is 30.3 Å². The van der Waals surface area contributed by atoms with Gasteiger partial charge in [0.05, 0.1) is 38.1 Å². The SMILES string of the molecule is [B]C1([B])C[C@@H]2C3CC[C@]4(C)C(C(C)CCF)CCC4[C@@H]3CC[C@@H]2C([B])([B])[C@H]1C(F)(F)F. The highest BCUT2D eigenvalue weighted by Crippen LogP contribution is 2.71. The molecule has 9 atom stereocenters. The van der Waals surface area contributed by atoms with Crippen molar-refractivity contribution in [2.24, 2.45) is 52.8 Å². The molecule has 0 amide bonds. The van der Waals surface area contributed by atoms with Gasteiger partial charge >= 0.3 is 6.18 Å². The first-order valence-corrected chi connectivity index (χ1v) is 12.0. The summed E-state index contributed by atoms with van der Waals surface area (Å²) in [5.41, 5.74) is 0.177. The predicted molar refractivity (Wildman–Crippen MR) is 119 cm³/mol. The van der Waals surface area contributed by atoms with Crippen LogP contribution in [0.15, 0.2) is 0 Å². The third-order valence-electron chi connectivity index (χ3n) is 10.3. The van der Waals surface area contributed by atoms with Crippen LogP contribution in [0.3, 0.4) is 0 Å². The molecule has 0 saturated heterocycles. The summed E-state index contributed by atoms with van der Waals surface area (Å²) in [6.07, 6.45) is 1.75. The fraction of sp³-hybridized carbons (Fsp3) is 1.00. The fourth-order valence-electron chi connectivity index (χ4n) is 9.20. The van der Waals surface area contributed by atoms with Crippen molar-refractivity contribution in [3.05, 3.63) is 0 Å². The average molecular weight is 428 g/mol. The molecule has 0 heterocycles. The van der Waals surface area contributed by atoms with Crippen molar-refractivity contribution < 1.29 is 17.6 Å². The maximum Gasteiger partial charge on any atom is 0.390 e. The fourth-order valence-corrected chi connectivity index (χ4v) is 9.20. The van der Waals surface area contributed by atoms with Crippen LogP contribution in [-0.2, 0) is 0 Å². The van der Waals surface area contributed by atoms with Crippen molar-refractivity contribution >= 4 is 31.4 Å². The van der Waals surface area contributed by atoms with Crippen LogP contribution in [-0.4, -0.2) is 44.2 Å². The van der Waals surface area contributed by atoms with Gasteiger partial charge in [0.1, 0.15) is 0 Å². The van der Waals surface area contributed by atoms with Crippen LogP contribution in [0.25, 0.3) is 0 Å². The highest BCUT2D eigenvalue weighted by atomic mass is 19.4. The summed E-state index contributed by atoms with van der Waals surface area (Å²) in [4.78, 5) is 0. The van der Waals surface area contributed by atoms with Gasteiger partial charge in [-0.1, -0.05) is 37.1 Å². The Bertz CT molecular complexity index is 681. The van der Waals surface area contributed by atoms with Gasteiger partial charge < -0.3 is 0 Å². The zero-order valence-corrected chi connectivity index (χ0v) is 18.8. The number of rotatable bonds is 3. The molecule has 0 nitrogen and oxygen atoms in total. The van der Waals surface area contributed by atoms with E-state index in [0.717, 1.165) is 32.1 Å². The Hall–Kier alpha value is -0.0203. The van der Waals surface area contributed by atoms with E-state index in [1.54, 1.807) is 0 Å². The minimum Gasteiger partial charge on any atom is -0.251 e. The lowest BCUT2D eigenvalue weighted by molar-refractivity contribution is -0.205. The van der Waals surface area contributed by atoms with E-state index < -0.39 is 28.4 Å². The lowest BCUT2D eigenvalue weighted by atomic mass is 9.25. The van der Waals surface area contributed by atoms with E-state index >= 15 is 0 Å². The zero-order chi connectivity index (χ0) is 23.0. The van der Waals surface area contributed by atoms with Crippen molar-refractivity contribution in [2.45, 2.75) is 81.8 Å². The Balaban J connectivity index is 1.60. The number of alkyl halides is 4. The second kappa shape index (κ2) is 7.75. The molecule has 0 aromatic heterocycles. The molecule has 4 saturated carbocycles. The standard InChI is InChI=1S/C23H32B4F4/c1-12(8-10-28)16-5-6-17-14-3-4-18-15(13(14)7-9-20(16,17)2)11-21(24,25)19(22(18,26)27)23(29,30)31/h12-19H,3-11H2,1-2H3/t12?,13?,14-,15-,16?,17?,18+,19+,20-/m1/s1. The molecule has 0 spiro atoms. The first kappa shape index (κ1) is 24.1. The van der Waals surface area contributed by atoms with Crippen molar-refractivity contribution in [2.75, 3.05) is 6.67 Å². The zero-order valence-electron chi connectivity index (χ0n) is 18.8. The van der Waals surface area contributed by atoms with E-state index in [1.165, 1.54) is 0 Å². The molecule has 164 valence electrons. The van der Waals surface area contributed by atoms with Crippen molar-refractivity contribution in [1.29, 1.82) is 0 Å². The van der Waals surface area contributed by atoms with Crippen LogP contribution in [0, 0.1) is 52.8 Å². The van der Waals surface area contributed by atoms with E-state index in [0.29, 0.717) is 36.5 Å². The van der Waals surface area contributed by atoms with Gasteiger partial charge in [0.2, 0.25) is 0 Å². The van der Waals surface area contributed by atoms with Gasteiger partial charge in [-0.3, -0.25) is 4.39 Å². The van der Waals surface area contributed by atoms with Crippen LogP contribution < -0.4 is 0 Å². The smallest absolute Gasteiger partial charge is 0.251 e. The second-order valence-electron chi connectivity index (χ2n) is 11.8. The maximum atomic E-state index is 13.9. The molecular weight excluding hydrogens is 395 g/mol. The Morgan fingerprint density at radius 2 is 1.55 bits per heavy atom. The minimum absolute atomic E-state index is 0.0748. The third-order valence-corrected chi connectivity index (χ3v) is 10.3.